The number of pyridine rings is 1. The van der Waals surface area contributed by atoms with Crippen molar-refractivity contribution in [3.63, 3.8) is 0 Å². The predicted octanol–water partition coefficient (Wildman–Crippen LogP) is 1.03. The van der Waals surface area contributed by atoms with Crippen LogP contribution in [0.15, 0.2) is 29.0 Å². The summed E-state index contributed by atoms with van der Waals surface area (Å²) in [6.45, 7) is 1.17. The van der Waals surface area contributed by atoms with E-state index in [2.05, 4.69) is 25.3 Å². The van der Waals surface area contributed by atoms with Gasteiger partial charge in [0.2, 0.25) is 17.6 Å². The average molecular weight is 331 g/mol. The van der Waals surface area contributed by atoms with Crippen molar-refractivity contribution in [2.75, 3.05) is 27.3 Å². The first-order valence-corrected chi connectivity index (χ1v) is 7.90. The van der Waals surface area contributed by atoms with Crippen LogP contribution in [0.5, 0.6) is 0 Å². The first-order valence-electron chi connectivity index (χ1n) is 7.90. The number of ether oxygens (including phenoxy) is 1. The first kappa shape index (κ1) is 16.5. The third-order valence-corrected chi connectivity index (χ3v) is 4.11. The summed E-state index contributed by atoms with van der Waals surface area (Å²) in [7, 11) is 3.57. The quantitative estimate of drug-likeness (QED) is 0.845. The van der Waals surface area contributed by atoms with Gasteiger partial charge in [-0.2, -0.15) is 4.98 Å². The molecule has 0 radical (unpaired) electrons. The van der Waals surface area contributed by atoms with E-state index < -0.39 is 0 Å². The minimum absolute atomic E-state index is 0.000752. The second-order valence-corrected chi connectivity index (χ2v) is 5.89. The topological polar surface area (TPSA) is 93.4 Å². The minimum atomic E-state index is -0.00102. The fourth-order valence-electron chi connectivity index (χ4n) is 2.88. The van der Waals surface area contributed by atoms with Crippen LogP contribution in [0.4, 0.5) is 0 Å². The zero-order valence-electron chi connectivity index (χ0n) is 13.8. The highest BCUT2D eigenvalue weighted by Crippen LogP contribution is 2.30. The number of hydrogen-bond donors (Lipinski definition) is 1. The molecule has 24 heavy (non-hydrogen) atoms. The van der Waals surface area contributed by atoms with Gasteiger partial charge in [-0.25, -0.2) is 0 Å². The summed E-state index contributed by atoms with van der Waals surface area (Å²) in [4.78, 5) is 22.4. The van der Waals surface area contributed by atoms with E-state index in [0.717, 1.165) is 18.5 Å². The highest BCUT2D eigenvalue weighted by atomic mass is 16.5. The Balaban J connectivity index is 1.63. The molecule has 8 heteroatoms. The lowest BCUT2D eigenvalue weighted by Crippen LogP contribution is -2.36. The Morgan fingerprint density at radius 1 is 1.46 bits per heavy atom. The summed E-state index contributed by atoms with van der Waals surface area (Å²) in [5.74, 6) is 1.12. The number of nitrogens with zero attached hydrogens (tertiary/aromatic N) is 4. The largest absolute Gasteiger partial charge is 0.384 e. The van der Waals surface area contributed by atoms with Crippen LogP contribution in [0.1, 0.15) is 24.8 Å². The van der Waals surface area contributed by atoms with Crippen molar-refractivity contribution in [1.29, 1.82) is 0 Å². The molecule has 1 N–H and O–H groups in total. The fraction of sp³-hybridized carbons (Fsp3) is 0.500. The Hall–Kier alpha value is -2.32. The average Bonchev–Trinajstić information content (AvgIpc) is 3.20. The van der Waals surface area contributed by atoms with E-state index in [1.807, 2.05) is 19.2 Å². The summed E-state index contributed by atoms with van der Waals surface area (Å²) in [6, 6.07) is 3.75. The minimum Gasteiger partial charge on any atom is -0.384 e. The monoisotopic (exact) mass is 331 g/mol. The molecule has 1 fully saturated rings. The summed E-state index contributed by atoms with van der Waals surface area (Å²) in [5, 5.41) is 7.07. The number of hydrogen-bond acceptors (Lipinski definition) is 7. The standard InChI is InChI=1S/C16H21N5O3/c1-21-10-12(18-14(22)5-8-23-2)9-13(21)16-19-15(20-24-16)11-3-6-17-7-4-11/h3-4,6-7,12-13H,5,8-10H2,1-2H3,(H,18,22)/t12-,13-/m0/s1. The van der Waals surface area contributed by atoms with Gasteiger partial charge in [0.15, 0.2) is 0 Å². The number of likely N-dealkylation sites (N-methyl/N-ethyl adjacent to an activating group) is 1. The SMILES string of the molecule is COCCC(=O)N[C@H]1C[C@@H](c2nc(-c3ccncc3)no2)N(C)C1. The molecular weight excluding hydrogens is 310 g/mol. The van der Waals surface area contributed by atoms with Crippen molar-refractivity contribution >= 4 is 5.91 Å². The molecule has 0 bridgehead atoms. The van der Waals surface area contributed by atoms with Gasteiger partial charge in [0.05, 0.1) is 12.6 Å². The van der Waals surface area contributed by atoms with Crippen molar-refractivity contribution in [3.05, 3.63) is 30.4 Å². The second kappa shape index (κ2) is 7.50. The van der Waals surface area contributed by atoms with Crippen LogP contribution in [-0.4, -0.2) is 59.3 Å². The number of methoxy groups -OCH3 is 1. The van der Waals surface area contributed by atoms with Crippen LogP contribution in [0.3, 0.4) is 0 Å². The molecule has 1 saturated heterocycles. The van der Waals surface area contributed by atoms with Crippen molar-refractivity contribution < 1.29 is 14.1 Å². The second-order valence-electron chi connectivity index (χ2n) is 5.89. The highest BCUT2D eigenvalue weighted by molar-refractivity contribution is 5.76. The lowest BCUT2D eigenvalue weighted by molar-refractivity contribution is -0.122. The summed E-state index contributed by atoms with van der Waals surface area (Å²) < 4.78 is 10.4. The normalized spacial score (nSPS) is 21.1. The van der Waals surface area contributed by atoms with Crippen LogP contribution >= 0.6 is 0 Å². The molecule has 0 spiro atoms. The number of aromatic nitrogens is 3. The summed E-state index contributed by atoms with van der Waals surface area (Å²) in [6.07, 6.45) is 4.50. The summed E-state index contributed by atoms with van der Waals surface area (Å²) in [5.41, 5.74) is 0.866. The number of nitrogens with one attached hydrogen (secondary N) is 1. The molecule has 128 valence electrons. The third-order valence-electron chi connectivity index (χ3n) is 4.11. The van der Waals surface area contributed by atoms with Crippen LogP contribution < -0.4 is 5.32 Å². The summed E-state index contributed by atoms with van der Waals surface area (Å²) >= 11 is 0. The number of likely N-dealkylation sites (tertiary alicyclic amines) is 1. The molecule has 0 unspecified atom stereocenters. The van der Waals surface area contributed by atoms with Crippen LogP contribution in [0, 0.1) is 0 Å². The van der Waals surface area contributed by atoms with Gasteiger partial charge in [0, 0.05) is 44.1 Å². The van der Waals surface area contributed by atoms with E-state index in [4.69, 9.17) is 9.26 Å². The molecule has 0 aromatic carbocycles. The lowest BCUT2D eigenvalue weighted by atomic mass is 10.1. The van der Waals surface area contributed by atoms with E-state index in [-0.39, 0.29) is 18.0 Å². The van der Waals surface area contributed by atoms with E-state index in [0.29, 0.717) is 24.7 Å². The van der Waals surface area contributed by atoms with Crippen LogP contribution in [-0.2, 0) is 9.53 Å². The smallest absolute Gasteiger partial charge is 0.244 e. The van der Waals surface area contributed by atoms with Crippen molar-refractivity contribution in [1.82, 2.24) is 25.3 Å². The van der Waals surface area contributed by atoms with Crippen molar-refractivity contribution in [2.24, 2.45) is 0 Å². The molecule has 8 nitrogen and oxygen atoms in total. The van der Waals surface area contributed by atoms with E-state index in [1.54, 1.807) is 19.5 Å². The van der Waals surface area contributed by atoms with Gasteiger partial charge in [0.1, 0.15) is 0 Å². The Kier molecular flexibility index (Phi) is 5.17. The Bertz CT molecular complexity index is 675. The molecular formula is C16H21N5O3. The van der Waals surface area contributed by atoms with Gasteiger partial charge in [-0.1, -0.05) is 5.16 Å². The maximum atomic E-state index is 11.8. The lowest BCUT2D eigenvalue weighted by Gasteiger charge is -2.14. The number of carbonyl (C=O) groups excluding carboxylic acids is 1. The molecule has 2 aromatic heterocycles. The molecule has 3 heterocycles. The maximum absolute atomic E-state index is 11.8. The number of rotatable bonds is 6. The fourth-order valence-corrected chi connectivity index (χ4v) is 2.88. The zero-order chi connectivity index (χ0) is 16.9. The molecule has 1 aliphatic rings. The Labute approximate surface area is 140 Å². The highest BCUT2D eigenvalue weighted by Gasteiger charge is 2.35. The van der Waals surface area contributed by atoms with Crippen LogP contribution in [0.2, 0.25) is 0 Å². The molecule has 1 amide bonds. The number of carbonyl (C=O) groups is 1. The molecule has 2 aromatic rings. The molecule has 2 atom stereocenters. The van der Waals surface area contributed by atoms with E-state index in [9.17, 15) is 4.79 Å². The zero-order valence-corrected chi connectivity index (χ0v) is 13.8. The van der Waals surface area contributed by atoms with Gasteiger partial charge in [-0.05, 0) is 25.6 Å². The Morgan fingerprint density at radius 3 is 3.00 bits per heavy atom. The predicted molar refractivity (Wildman–Crippen MR) is 85.9 cm³/mol. The van der Waals surface area contributed by atoms with Crippen molar-refractivity contribution in [2.45, 2.75) is 24.9 Å². The van der Waals surface area contributed by atoms with Gasteiger partial charge in [-0.15, -0.1) is 0 Å². The Morgan fingerprint density at radius 2 is 2.25 bits per heavy atom. The molecule has 1 aliphatic heterocycles. The van der Waals surface area contributed by atoms with Crippen molar-refractivity contribution in [3.8, 4) is 11.4 Å². The third kappa shape index (κ3) is 3.77. The van der Waals surface area contributed by atoms with E-state index in [1.165, 1.54) is 0 Å². The van der Waals surface area contributed by atoms with Crippen LogP contribution in [0.25, 0.3) is 11.4 Å². The maximum Gasteiger partial charge on any atom is 0.244 e. The number of amides is 1. The molecule has 0 saturated carbocycles. The van der Waals surface area contributed by atoms with Gasteiger partial charge in [0.25, 0.3) is 0 Å². The molecule has 0 aliphatic carbocycles. The van der Waals surface area contributed by atoms with Gasteiger partial charge in [-0.3, -0.25) is 14.7 Å². The molecule has 3 rings (SSSR count). The van der Waals surface area contributed by atoms with E-state index >= 15 is 0 Å². The van der Waals surface area contributed by atoms with Gasteiger partial charge < -0.3 is 14.6 Å². The van der Waals surface area contributed by atoms with Gasteiger partial charge >= 0.3 is 0 Å². The first-order chi connectivity index (χ1) is 11.7.